The first-order chi connectivity index (χ1) is 24.7. The summed E-state index contributed by atoms with van der Waals surface area (Å²) in [6.07, 6.45) is 11.1. The highest BCUT2D eigenvalue weighted by molar-refractivity contribution is 5.69. The predicted molar refractivity (Wildman–Crippen MR) is 192 cm³/mol. The monoisotopic (exact) mass is 727 g/mol. The second-order valence-corrected chi connectivity index (χ2v) is 11.6. The second kappa shape index (κ2) is 44.2. The van der Waals surface area contributed by atoms with E-state index in [9.17, 15) is 4.79 Å². The topological polar surface area (TPSA) is 128 Å². The first-order valence-electron chi connectivity index (χ1n) is 19.2. The molecule has 0 heterocycles. The molecule has 0 radical (unpaired) electrons. The molecule has 0 bridgehead atoms. The van der Waals surface area contributed by atoms with Gasteiger partial charge in [0.05, 0.1) is 145 Å². The number of ether oxygens (including phenoxy) is 12. The zero-order valence-corrected chi connectivity index (χ0v) is 32.0. The number of hydrogen-bond acceptors (Lipinski definition) is 13. The van der Waals surface area contributed by atoms with Crippen molar-refractivity contribution < 1.29 is 61.6 Å². The summed E-state index contributed by atoms with van der Waals surface area (Å²) in [5, 5.41) is 0. The van der Waals surface area contributed by atoms with Crippen molar-refractivity contribution in [2.45, 2.75) is 91.1 Å². The molecule has 0 saturated heterocycles. The van der Waals surface area contributed by atoms with E-state index < -0.39 is 0 Å². The third-order valence-electron chi connectivity index (χ3n) is 7.28. The number of esters is 1. The zero-order chi connectivity index (χ0) is 36.3. The van der Waals surface area contributed by atoms with Crippen molar-refractivity contribution in [3.63, 3.8) is 0 Å². The van der Waals surface area contributed by atoms with Crippen molar-refractivity contribution in [2.75, 3.05) is 145 Å². The average molecular weight is 727 g/mol. The molecule has 0 spiro atoms. The first kappa shape index (κ1) is 49.0. The van der Waals surface area contributed by atoms with E-state index in [1.165, 1.54) is 32.1 Å². The fraction of sp³-hybridized carbons (Fsp3) is 0.973. The standard InChI is InChI=1S/C37H74O13/c1-4-36(3)50-35-34-48-33-32-47-31-30-46-29-28-45-27-26-44-25-24-43-23-22-42-21-20-41-19-18-40-17-16-39-15-13-11-9-7-6-8-10-12-14-37(38)49-5-2/h36H,4-35H2,1-3H3. The van der Waals surface area contributed by atoms with Crippen LogP contribution in [0.1, 0.15) is 85.0 Å². The molecule has 13 heteroatoms. The van der Waals surface area contributed by atoms with Crippen LogP contribution < -0.4 is 0 Å². The van der Waals surface area contributed by atoms with Gasteiger partial charge in [0, 0.05) is 13.0 Å². The molecular weight excluding hydrogens is 652 g/mol. The Morgan fingerprint density at radius 2 is 0.660 bits per heavy atom. The fourth-order valence-corrected chi connectivity index (χ4v) is 4.27. The van der Waals surface area contributed by atoms with E-state index in [1.54, 1.807) is 0 Å². The van der Waals surface area contributed by atoms with Crippen molar-refractivity contribution in [3.8, 4) is 0 Å². The van der Waals surface area contributed by atoms with Gasteiger partial charge in [-0.05, 0) is 33.1 Å². The molecule has 0 N–H and O–H groups in total. The van der Waals surface area contributed by atoms with E-state index in [4.69, 9.17) is 56.8 Å². The van der Waals surface area contributed by atoms with Crippen LogP contribution in [-0.4, -0.2) is 157 Å². The third-order valence-corrected chi connectivity index (χ3v) is 7.28. The molecule has 1 unspecified atom stereocenters. The molecule has 0 aliphatic carbocycles. The smallest absolute Gasteiger partial charge is 0.305 e. The molecule has 50 heavy (non-hydrogen) atoms. The number of hydrogen-bond donors (Lipinski definition) is 0. The van der Waals surface area contributed by atoms with Gasteiger partial charge in [-0.2, -0.15) is 0 Å². The van der Waals surface area contributed by atoms with Gasteiger partial charge in [0.1, 0.15) is 0 Å². The van der Waals surface area contributed by atoms with Crippen LogP contribution in [0.4, 0.5) is 0 Å². The molecule has 0 amide bonds. The van der Waals surface area contributed by atoms with Gasteiger partial charge in [0.15, 0.2) is 0 Å². The molecular formula is C37H74O13. The zero-order valence-electron chi connectivity index (χ0n) is 32.0. The Kier molecular flexibility index (Phi) is 43.3. The summed E-state index contributed by atoms with van der Waals surface area (Å²) in [6.45, 7) is 18.1. The molecule has 0 fully saturated rings. The SMILES string of the molecule is CCOC(=O)CCCCCCCCCCOCCOCCOCCOCCOCCOCCOCCOCCOCCOCCOC(C)CC. The Bertz CT molecular complexity index is 644. The molecule has 0 aromatic carbocycles. The molecule has 0 saturated carbocycles. The van der Waals surface area contributed by atoms with Gasteiger partial charge in [-0.25, -0.2) is 0 Å². The maximum absolute atomic E-state index is 11.3. The van der Waals surface area contributed by atoms with Crippen LogP contribution in [0.15, 0.2) is 0 Å². The molecule has 0 aliphatic heterocycles. The minimum atomic E-state index is -0.0716. The van der Waals surface area contributed by atoms with Crippen molar-refractivity contribution in [2.24, 2.45) is 0 Å². The lowest BCUT2D eigenvalue weighted by Crippen LogP contribution is -2.16. The van der Waals surface area contributed by atoms with Crippen molar-refractivity contribution in [1.82, 2.24) is 0 Å². The third kappa shape index (κ3) is 43.2. The lowest BCUT2D eigenvalue weighted by atomic mass is 10.1. The van der Waals surface area contributed by atoms with E-state index in [1.807, 2.05) is 6.92 Å². The second-order valence-electron chi connectivity index (χ2n) is 11.6. The van der Waals surface area contributed by atoms with Gasteiger partial charge < -0.3 is 56.8 Å². The Hall–Kier alpha value is -0.970. The summed E-state index contributed by atoms with van der Waals surface area (Å²) in [6, 6.07) is 0. The minimum Gasteiger partial charge on any atom is -0.466 e. The van der Waals surface area contributed by atoms with E-state index in [0.717, 1.165) is 32.3 Å². The number of carbonyl (C=O) groups is 1. The number of rotatable bonds is 44. The highest BCUT2D eigenvalue weighted by Crippen LogP contribution is 2.10. The van der Waals surface area contributed by atoms with Gasteiger partial charge in [0.2, 0.25) is 0 Å². The molecule has 0 aliphatic rings. The lowest BCUT2D eigenvalue weighted by Gasteiger charge is -2.11. The maximum Gasteiger partial charge on any atom is 0.305 e. The van der Waals surface area contributed by atoms with Crippen molar-refractivity contribution in [3.05, 3.63) is 0 Å². The maximum atomic E-state index is 11.3. The van der Waals surface area contributed by atoms with E-state index in [-0.39, 0.29) is 12.1 Å². The van der Waals surface area contributed by atoms with Crippen molar-refractivity contribution >= 4 is 5.97 Å². The van der Waals surface area contributed by atoms with Crippen LogP contribution in [0.5, 0.6) is 0 Å². The summed E-state index contributed by atoms with van der Waals surface area (Å²) >= 11 is 0. The molecule has 1 atom stereocenters. The van der Waals surface area contributed by atoms with Crippen molar-refractivity contribution in [1.29, 1.82) is 0 Å². The van der Waals surface area contributed by atoms with Crippen LogP contribution in [0.3, 0.4) is 0 Å². The average Bonchev–Trinajstić information content (AvgIpc) is 3.12. The Morgan fingerprint density at radius 3 is 0.980 bits per heavy atom. The van der Waals surface area contributed by atoms with Crippen LogP contribution in [-0.2, 0) is 61.6 Å². The summed E-state index contributed by atoms with van der Waals surface area (Å²) in [4.78, 5) is 11.3. The largest absolute Gasteiger partial charge is 0.466 e. The fourth-order valence-electron chi connectivity index (χ4n) is 4.27. The normalized spacial score (nSPS) is 12.1. The molecule has 0 aromatic rings. The summed E-state index contributed by atoms with van der Waals surface area (Å²) in [7, 11) is 0. The van der Waals surface area contributed by atoms with Gasteiger partial charge in [-0.15, -0.1) is 0 Å². The summed E-state index contributed by atoms with van der Waals surface area (Å²) < 4.78 is 65.6. The number of unbranched alkanes of at least 4 members (excludes halogenated alkanes) is 7. The Morgan fingerprint density at radius 1 is 0.380 bits per heavy atom. The Labute approximate surface area is 303 Å². The molecule has 300 valence electrons. The van der Waals surface area contributed by atoms with Crippen LogP contribution in [0.2, 0.25) is 0 Å². The van der Waals surface area contributed by atoms with Gasteiger partial charge in [-0.3, -0.25) is 4.79 Å². The quantitative estimate of drug-likeness (QED) is 0.0615. The molecule has 0 rings (SSSR count). The highest BCUT2D eigenvalue weighted by Gasteiger charge is 2.01. The van der Waals surface area contributed by atoms with E-state index in [2.05, 4.69) is 13.8 Å². The van der Waals surface area contributed by atoms with Gasteiger partial charge >= 0.3 is 5.97 Å². The first-order valence-corrected chi connectivity index (χ1v) is 19.2. The summed E-state index contributed by atoms with van der Waals surface area (Å²) in [5.41, 5.74) is 0. The van der Waals surface area contributed by atoms with E-state index in [0.29, 0.717) is 145 Å². The van der Waals surface area contributed by atoms with Gasteiger partial charge in [0.25, 0.3) is 0 Å². The van der Waals surface area contributed by atoms with Gasteiger partial charge in [-0.1, -0.05) is 45.4 Å². The lowest BCUT2D eigenvalue weighted by molar-refractivity contribution is -0.143. The summed E-state index contributed by atoms with van der Waals surface area (Å²) in [5.74, 6) is -0.0716. The van der Waals surface area contributed by atoms with Crippen LogP contribution in [0, 0.1) is 0 Å². The number of carbonyl (C=O) groups excluding carboxylic acids is 1. The molecule has 0 aromatic heterocycles. The molecule has 13 nitrogen and oxygen atoms in total. The Balaban J connectivity index is 3.07. The minimum absolute atomic E-state index is 0.0716. The van der Waals surface area contributed by atoms with E-state index >= 15 is 0 Å². The predicted octanol–water partition coefficient (Wildman–Crippen LogP) is 5.04. The van der Waals surface area contributed by atoms with Crippen LogP contribution >= 0.6 is 0 Å². The highest BCUT2D eigenvalue weighted by atomic mass is 16.6. The van der Waals surface area contributed by atoms with Crippen LogP contribution in [0.25, 0.3) is 0 Å².